The number of benzene rings is 1. The maximum absolute atomic E-state index is 12.8. The SMILES string of the molecule is Cc1c(C(=O)NC2CC2)nnc2c1CC1CN(C(=O)c3ccccc3)CCN21. The lowest BCUT2D eigenvalue weighted by atomic mass is 10.0. The van der Waals surface area contributed by atoms with Gasteiger partial charge in [-0.2, -0.15) is 0 Å². The van der Waals surface area contributed by atoms with Crippen LogP contribution in [0, 0.1) is 6.92 Å². The molecule has 5 rings (SSSR count). The number of hydrogen-bond acceptors (Lipinski definition) is 5. The molecule has 2 amide bonds. The normalized spacial score (nSPS) is 20.5. The third-order valence-corrected chi connectivity index (χ3v) is 5.95. The van der Waals surface area contributed by atoms with Gasteiger partial charge in [0.05, 0.1) is 6.04 Å². The van der Waals surface area contributed by atoms with Crippen LogP contribution in [0.3, 0.4) is 0 Å². The third-order valence-electron chi connectivity index (χ3n) is 5.95. The van der Waals surface area contributed by atoms with Crippen LogP contribution in [-0.4, -0.2) is 58.6 Å². The fourth-order valence-corrected chi connectivity index (χ4v) is 4.21. The molecule has 2 fully saturated rings. The first-order chi connectivity index (χ1) is 13.6. The van der Waals surface area contributed by atoms with Crippen molar-refractivity contribution >= 4 is 17.6 Å². The monoisotopic (exact) mass is 377 g/mol. The molecule has 0 radical (unpaired) electrons. The summed E-state index contributed by atoms with van der Waals surface area (Å²) in [5, 5.41) is 11.6. The van der Waals surface area contributed by atoms with Crippen LogP contribution in [0.15, 0.2) is 30.3 Å². The molecule has 0 spiro atoms. The van der Waals surface area contributed by atoms with Crippen molar-refractivity contribution in [1.29, 1.82) is 0 Å². The van der Waals surface area contributed by atoms with Crippen LogP contribution in [0.5, 0.6) is 0 Å². The number of rotatable bonds is 3. The van der Waals surface area contributed by atoms with Gasteiger partial charge in [0.1, 0.15) is 0 Å². The lowest BCUT2D eigenvalue weighted by molar-refractivity contribution is 0.0724. The molecule has 1 unspecified atom stereocenters. The summed E-state index contributed by atoms with van der Waals surface area (Å²) in [4.78, 5) is 29.4. The Morgan fingerprint density at radius 2 is 1.89 bits per heavy atom. The van der Waals surface area contributed by atoms with Gasteiger partial charge in [0.25, 0.3) is 11.8 Å². The van der Waals surface area contributed by atoms with Crippen molar-refractivity contribution in [3.8, 4) is 0 Å². The quantitative estimate of drug-likeness (QED) is 0.878. The molecule has 1 aromatic heterocycles. The first-order valence-electron chi connectivity index (χ1n) is 9.90. The Morgan fingerprint density at radius 3 is 2.64 bits per heavy atom. The van der Waals surface area contributed by atoms with Crippen LogP contribution in [0.1, 0.15) is 44.8 Å². The fraction of sp³-hybridized carbons (Fsp3) is 0.429. The van der Waals surface area contributed by atoms with E-state index in [1.807, 2.05) is 42.2 Å². The summed E-state index contributed by atoms with van der Waals surface area (Å²) in [7, 11) is 0. The maximum atomic E-state index is 12.8. The van der Waals surface area contributed by atoms with E-state index in [9.17, 15) is 9.59 Å². The first-order valence-corrected chi connectivity index (χ1v) is 9.90. The summed E-state index contributed by atoms with van der Waals surface area (Å²) in [5.41, 5.74) is 3.16. The van der Waals surface area contributed by atoms with Crippen LogP contribution in [0.4, 0.5) is 5.82 Å². The highest BCUT2D eigenvalue weighted by molar-refractivity contribution is 5.95. The van der Waals surface area contributed by atoms with E-state index in [0.717, 1.165) is 48.3 Å². The number of aromatic nitrogens is 2. The Balaban J connectivity index is 1.35. The minimum atomic E-state index is -0.124. The summed E-state index contributed by atoms with van der Waals surface area (Å²) < 4.78 is 0. The highest BCUT2D eigenvalue weighted by Crippen LogP contribution is 2.35. The number of fused-ring (bicyclic) bond motifs is 3. The second-order valence-electron chi connectivity index (χ2n) is 7.89. The van der Waals surface area contributed by atoms with Crippen molar-refractivity contribution < 1.29 is 9.59 Å². The predicted molar refractivity (Wildman–Crippen MR) is 104 cm³/mol. The number of nitrogens with zero attached hydrogens (tertiary/aromatic N) is 4. The molecular weight excluding hydrogens is 354 g/mol. The van der Waals surface area contributed by atoms with Crippen molar-refractivity contribution in [2.75, 3.05) is 24.5 Å². The zero-order valence-electron chi connectivity index (χ0n) is 15.9. The lowest BCUT2D eigenvalue weighted by Crippen LogP contribution is -2.53. The molecule has 1 saturated heterocycles. The standard InChI is InChI=1S/C21H23N5O2/c1-13-17-11-16-12-25(21(28)14-5-3-2-4-6-14)9-10-26(16)19(17)24-23-18(13)20(27)22-15-7-8-15/h2-6,15-16H,7-12H2,1H3,(H,22,27). The summed E-state index contributed by atoms with van der Waals surface area (Å²) in [6.07, 6.45) is 2.88. The number of anilines is 1. The molecule has 1 atom stereocenters. The van der Waals surface area contributed by atoms with Gasteiger partial charge in [-0.15, -0.1) is 10.2 Å². The second kappa shape index (κ2) is 6.58. The lowest BCUT2D eigenvalue weighted by Gasteiger charge is -2.38. The Hall–Kier alpha value is -2.96. The van der Waals surface area contributed by atoms with Crippen LogP contribution in [0.25, 0.3) is 0 Å². The molecule has 3 aliphatic rings. The fourth-order valence-electron chi connectivity index (χ4n) is 4.21. The van der Waals surface area contributed by atoms with Crippen LogP contribution < -0.4 is 10.2 Å². The molecular formula is C21H23N5O2. The molecule has 28 heavy (non-hydrogen) atoms. The molecule has 2 aliphatic heterocycles. The van der Waals surface area contributed by atoms with E-state index < -0.39 is 0 Å². The Bertz CT molecular complexity index is 941. The summed E-state index contributed by atoms with van der Waals surface area (Å²) in [6, 6.07) is 9.90. The maximum Gasteiger partial charge on any atom is 0.272 e. The summed E-state index contributed by atoms with van der Waals surface area (Å²) in [5.74, 6) is 0.821. The Labute approximate surface area is 163 Å². The van der Waals surface area contributed by atoms with Crippen molar-refractivity contribution in [2.24, 2.45) is 0 Å². The van der Waals surface area contributed by atoms with Gasteiger partial charge in [-0.1, -0.05) is 18.2 Å². The molecule has 144 valence electrons. The van der Waals surface area contributed by atoms with E-state index in [-0.39, 0.29) is 17.9 Å². The van der Waals surface area contributed by atoms with Crippen molar-refractivity contribution in [3.05, 3.63) is 52.7 Å². The van der Waals surface area contributed by atoms with Gasteiger partial charge in [-0.05, 0) is 43.9 Å². The average molecular weight is 377 g/mol. The molecule has 0 bridgehead atoms. The van der Waals surface area contributed by atoms with Crippen molar-refractivity contribution in [3.63, 3.8) is 0 Å². The summed E-state index contributed by atoms with van der Waals surface area (Å²) in [6.45, 7) is 4.01. The zero-order valence-corrected chi connectivity index (χ0v) is 15.9. The number of carbonyl (C=O) groups is 2. The molecule has 1 aliphatic carbocycles. The van der Waals surface area contributed by atoms with E-state index in [0.29, 0.717) is 24.8 Å². The number of piperazine rings is 1. The minimum absolute atomic E-state index is 0.0727. The van der Waals surface area contributed by atoms with Gasteiger partial charge in [0, 0.05) is 36.8 Å². The van der Waals surface area contributed by atoms with E-state index in [1.165, 1.54) is 0 Å². The van der Waals surface area contributed by atoms with Crippen LogP contribution in [0.2, 0.25) is 0 Å². The van der Waals surface area contributed by atoms with Gasteiger partial charge in [0.2, 0.25) is 0 Å². The number of nitrogens with one attached hydrogen (secondary N) is 1. The van der Waals surface area contributed by atoms with E-state index >= 15 is 0 Å². The Kier molecular flexibility index (Phi) is 4.03. The topological polar surface area (TPSA) is 78.4 Å². The molecule has 1 saturated carbocycles. The van der Waals surface area contributed by atoms with Crippen LogP contribution >= 0.6 is 0 Å². The Morgan fingerprint density at radius 1 is 1.11 bits per heavy atom. The van der Waals surface area contributed by atoms with E-state index in [1.54, 1.807) is 0 Å². The van der Waals surface area contributed by atoms with Crippen molar-refractivity contribution in [2.45, 2.75) is 38.3 Å². The van der Waals surface area contributed by atoms with Gasteiger partial charge >= 0.3 is 0 Å². The molecule has 2 aromatic rings. The second-order valence-corrected chi connectivity index (χ2v) is 7.89. The highest BCUT2D eigenvalue weighted by atomic mass is 16.2. The van der Waals surface area contributed by atoms with Crippen LogP contribution in [-0.2, 0) is 6.42 Å². The van der Waals surface area contributed by atoms with E-state index in [2.05, 4.69) is 20.4 Å². The zero-order chi connectivity index (χ0) is 19.3. The molecule has 1 N–H and O–H groups in total. The number of hydrogen-bond donors (Lipinski definition) is 1. The van der Waals surface area contributed by atoms with Gasteiger partial charge < -0.3 is 15.1 Å². The molecule has 7 nitrogen and oxygen atoms in total. The predicted octanol–water partition coefficient (Wildman–Crippen LogP) is 1.56. The smallest absolute Gasteiger partial charge is 0.272 e. The minimum Gasteiger partial charge on any atom is -0.348 e. The summed E-state index contributed by atoms with van der Waals surface area (Å²) >= 11 is 0. The van der Waals surface area contributed by atoms with Crippen molar-refractivity contribution in [1.82, 2.24) is 20.4 Å². The van der Waals surface area contributed by atoms with E-state index in [4.69, 9.17) is 0 Å². The number of carbonyl (C=O) groups excluding carboxylic acids is 2. The third kappa shape index (κ3) is 2.91. The first kappa shape index (κ1) is 17.2. The highest BCUT2D eigenvalue weighted by Gasteiger charge is 2.39. The average Bonchev–Trinajstić information content (AvgIpc) is 3.45. The molecule has 3 heterocycles. The van der Waals surface area contributed by atoms with Gasteiger partial charge in [-0.25, -0.2) is 0 Å². The largest absolute Gasteiger partial charge is 0.348 e. The molecule has 7 heteroatoms. The van der Waals surface area contributed by atoms with Gasteiger partial charge in [0.15, 0.2) is 11.5 Å². The van der Waals surface area contributed by atoms with Gasteiger partial charge in [-0.3, -0.25) is 9.59 Å². The number of amides is 2. The molecule has 1 aromatic carbocycles.